The van der Waals surface area contributed by atoms with E-state index >= 15 is 0 Å². The molecule has 1 N–H and O–H groups in total. The molecule has 0 saturated heterocycles. The Morgan fingerprint density at radius 1 is 1.33 bits per heavy atom. The molecule has 0 unspecified atom stereocenters. The summed E-state index contributed by atoms with van der Waals surface area (Å²) in [5.41, 5.74) is 0.700. The van der Waals surface area contributed by atoms with Crippen LogP contribution in [0.2, 0.25) is 0 Å². The van der Waals surface area contributed by atoms with Crippen molar-refractivity contribution < 1.29 is 13.2 Å². The van der Waals surface area contributed by atoms with Gasteiger partial charge < -0.3 is 5.32 Å². The van der Waals surface area contributed by atoms with Crippen molar-refractivity contribution in [2.75, 3.05) is 12.4 Å². The number of hydrogen-bond acceptors (Lipinski definition) is 5. The Morgan fingerprint density at radius 3 is 2.81 bits per heavy atom. The molecule has 0 saturated carbocycles. The largest absolute Gasteiger partial charge is 0.394 e. The Bertz CT molecular complexity index is 777. The Kier molecular flexibility index (Phi) is 3.28. The first-order valence-electron chi connectivity index (χ1n) is 6.00. The molecule has 0 amide bonds. The Hall–Kier alpha value is -2.16. The van der Waals surface area contributed by atoms with E-state index in [1.807, 2.05) is 0 Å². The van der Waals surface area contributed by atoms with Crippen LogP contribution in [0.25, 0.3) is 17.2 Å². The maximum Gasteiger partial charge on any atom is 0.394 e. The zero-order valence-corrected chi connectivity index (χ0v) is 11.7. The molecular formula is C12H10F3N5S. The zero-order valence-electron chi connectivity index (χ0n) is 10.8. The van der Waals surface area contributed by atoms with E-state index in [0.29, 0.717) is 16.5 Å². The van der Waals surface area contributed by atoms with Crippen LogP contribution in [0.15, 0.2) is 23.8 Å². The summed E-state index contributed by atoms with van der Waals surface area (Å²) in [7, 11) is 1.70. The van der Waals surface area contributed by atoms with Gasteiger partial charge in [0.2, 0.25) is 5.78 Å². The molecule has 3 aromatic heterocycles. The predicted octanol–water partition coefficient (Wildman–Crippen LogP) is 3.00. The molecule has 0 spiro atoms. The third-order valence-electron chi connectivity index (χ3n) is 2.80. The third-order valence-corrected chi connectivity index (χ3v) is 3.66. The van der Waals surface area contributed by atoms with Crippen molar-refractivity contribution in [1.29, 1.82) is 0 Å². The molecule has 5 nitrogen and oxygen atoms in total. The number of nitrogens with zero attached hydrogens (tertiary/aromatic N) is 4. The minimum atomic E-state index is -4.34. The lowest BCUT2D eigenvalue weighted by molar-refractivity contribution is -0.127. The molecule has 0 bridgehead atoms. The number of alkyl halides is 3. The van der Waals surface area contributed by atoms with Crippen LogP contribution in [-0.4, -0.2) is 32.6 Å². The molecule has 21 heavy (non-hydrogen) atoms. The van der Waals surface area contributed by atoms with E-state index in [1.54, 1.807) is 24.7 Å². The summed E-state index contributed by atoms with van der Waals surface area (Å²) in [5.74, 6) is 0.228. The van der Waals surface area contributed by atoms with Crippen molar-refractivity contribution in [3.05, 3.63) is 29.5 Å². The number of anilines is 1. The first-order valence-corrected chi connectivity index (χ1v) is 6.88. The van der Waals surface area contributed by atoms with Gasteiger partial charge in [0.1, 0.15) is 5.69 Å². The van der Waals surface area contributed by atoms with E-state index in [-0.39, 0.29) is 11.5 Å². The second-order valence-corrected chi connectivity index (χ2v) is 5.13. The number of fused-ring (bicyclic) bond motifs is 1. The van der Waals surface area contributed by atoms with E-state index in [0.717, 1.165) is 0 Å². The van der Waals surface area contributed by atoms with Crippen LogP contribution < -0.4 is 5.32 Å². The second-order valence-electron chi connectivity index (χ2n) is 4.28. The number of aromatic nitrogens is 4. The molecule has 0 aliphatic heterocycles. The minimum absolute atomic E-state index is 0.0749. The van der Waals surface area contributed by atoms with Gasteiger partial charge in [-0.25, -0.2) is 15.0 Å². The highest BCUT2D eigenvalue weighted by Gasteiger charge is 2.32. The Balaban J connectivity index is 2.19. The highest BCUT2D eigenvalue weighted by Crippen LogP contribution is 2.31. The average molecular weight is 313 g/mol. The fourth-order valence-corrected chi connectivity index (χ4v) is 2.67. The first kappa shape index (κ1) is 13.8. The van der Waals surface area contributed by atoms with Crippen molar-refractivity contribution in [1.82, 2.24) is 19.4 Å². The molecule has 0 atom stereocenters. The maximum atomic E-state index is 12.7. The van der Waals surface area contributed by atoms with Crippen molar-refractivity contribution in [3.8, 4) is 11.4 Å². The molecule has 0 radical (unpaired) electrons. The lowest BCUT2D eigenvalue weighted by Gasteiger charge is -2.05. The summed E-state index contributed by atoms with van der Waals surface area (Å²) < 4.78 is 39.7. The molecule has 110 valence electrons. The van der Waals surface area contributed by atoms with Crippen molar-refractivity contribution in [2.24, 2.45) is 0 Å². The number of thiazole rings is 1. The maximum absolute atomic E-state index is 12.7. The van der Waals surface area contributed by atoms with Gasteiger partial charge in [-0.15, -0.1) is 11.3 Å². The van der Waals surface area contributed by atoms with Crippen LogP contribution in [0.4, 0.5) is 18.3 Å². The normalized spacial score (nSPS) is 12.0. The van der Waals surface area contributed by atoms with E-state index in [4.69, 9.17) is 0 Å². The molecule has 0 aliphatic carbocycles. The Labute approximate surface area is 121 Å². The standard InChI is InChI=1S/C12H10F3N5S/c1-16-11-19-8(6-21-11)9-7(5-12(13,14)15)18-10-17-3-2-4-20(9)10/h2-4,6H,5H2,1H3,(H,16,19). The van der Waals surface area contributed by atoms with Gasteiger partial charge in [0, 0.05) is 24.8 Å². The number of hydrogen-bond donors (Lipinski definition) is 1. The highest BCUT2D eigenvalue weighted by molar-refractivity contribution is 7.14. The molecule has 0 aliphatic rings. The minimum Gasteiger partial charge on any atom is -0.365 e. The summed E-state index contributed by atoms with van der Waals surface area (Å²) in [6.07, 6.45) is -2.33. The predicted molar refractivity (Wildman–Crippen MR) is 73.4 cm³/mol. The molecule has 3 aromatic rings. The van der Waals surface area contributed by atoms with Crippen molar-refractivity contribution >= 4 is 22.2 Å². The lowest BCUT2D eigenvalue weighted by Crippen LogP contribution is -2.12. The van der Waals surface area contributed by atoms with Gasteiger partial charge in [0.15, 0.2) is 5.13 Å². The van der Waals surface area contributed by atoms with Gasteiger partial charge in [-0.05, 0) is 6.07 Å². The lowest BCUT2D eigenvalue weighted by atomic mass is 10.2. The molecular weight excluding hydrogens is 303 g/mol. The molecule has 0 aromatic carbocycles. The Morgan fingerprint density at radius 2 is 2.14 bits per heavy atom. The van der Waals surface area contributed by atoms with Crippen LogP contribution in [0.5, 0.6) is 0 Å². The summed E-state index contributed by atoms with van der Waals surface area (Å²) in [4.78, 5) is 12.2. The van der Waals surface area contributed by atoms with Crippen molar-refractivity contribution in [2.45, 2.75) is 12.6 Å². The van der Waals surface area contributed by atoms with Gasteiger partial charge in [0.05, 0.1) is 17.8 Å². The monoisotopic (exact) mass is 313 g/mol. The fraction of sp³-hybridized carbons (Fsp3) is 0.250. The van der Waals surface area contributed by atoms with E-state index < -0.39 is 12.6 Å². The summed E-state index contributed by atoms with van der Waals surface area (Å²) in [5, 5.41) is 5.19. The number of imidazole rings is 1. The molecule has 3 rings (SSSR count). The van der Waals surface area contributed by atoms with Crippen molar-refractivity contribution in [3.63, 3.8) is 0 Å². The summed E-state index contributed by atoms with van der Waals surface area (Å²) in [6, 6.07) is 1.64. The highest BCUT2D eigenvalue weighted by atomic mass is 32.1. The van der Waals surface area contributed by atoms with Crippen LogP contribution in [-0.2, 0) is 6.42 Å². The molecule has 0 fully saturated rings. The number of halogens is 3. The van der Waals surface area contributed by atoms with Gasteiger partial charge in [-0.3, -0.25) is 4.40 Å². The van der Waals surface area contributed by atoms with E-state index in [9.17, 15) is 13.2 Å². The third kappa shape index (κ3) is 2.68. The zero-order chi connectivity index (χ0) is 15.0. The summed E-state index contributed by atoms with van der Waals surface area (Å²) in [6.45, 7) is 0. The van der Waals surface area contributed by atoms with Crippen LogP contribution in [0.3, 0.4) is 0 Å². The van der Waals surface area contributed by atoms with Crippen LogP contribution in [0.1, 0.15) is 5.69 Å². The van der Waals surface area contributed by atoms with Gasteiger partial charge in [0.25, 0.3) is 0 Å². The average Bonchev–Trinajstić information content (AvgIpc) is 2.99. The van der Waals surface area contributed by atoms with E-state index in [1.165, 1.54) is 21.9 Å². The van der Waals surface area contributed by atoms with Gasteiger partial charge >= 0.3 is 6.18 Å². The number of nitrogens with one attached hydrogen (secondary N) is 1. The van der Waals surface area contributed by atoms with E-state index in [2.05, 4.69) is 20.3 Å². The van der Waals surface area contributed by atoms with Crippen LogP contribution in [0, 0.1) is 0 Å². The van der Waals surface area contributed by atoms with Crippen LogP contribution >= 0.6 is 11.3 Å². The van der Waals surface area contributed by atoms with Gasteiger partial charge in [-0.2, -0.15) is 13.2 Å². The molecule has 3 heterocycles. The molecule has 9 heteroatoms. The quantitative estimate of drug-likeness (QED) is 0.807. The smallest absolute Gasteiger partial charge is 0.365 e. The number of rotatable bonds is 3. The SMILES string of the molecule is CNc1nc(-c2c(CC(F)(F)F)nc3ncccn23)cs1. The fourth-order valence-electron chi connectivity index (χ4n) is 2.01. The first-order chi connectivity index (χ1) is 9.98. The second kappa shape index (κ2) is 4.99. The topological polar surface area (TPSA) is 55.1 Å². The summed E-state index contributed by atoms with van der Waals surface area (Å²) >= 11 is 1.32. The van der Waals surface area contributed by atoms with Gasteiger partial charge in [-0.1, -0.05) is 0 Å².